The largest absolute Gasteiger partial charge is 0.344 e. The monoisotopic (exact) mass is 268 g/mol. The predicted octanol–water partition coefficient (Wildman–Crippen LogP) is 3.53. The van der Waals surface area contributed by atoms with Crippen molar-refractivity contribution in [1.82, 2.24) is 10.3 Å². The molecule has 0 aliphatic carbocycles. The van der Waals surface area contributed by atoms with Gasteiger partial charge in [0.1, 0.15) is 5.69 Å². The summed E-state index contributed by atoms with van der Waals surface area (Å²) in [5.74, 6) is -0.135. The van der Waals surface area contributed by atoms with Crippen LogP contribution in [0.5, 0.6) is 0 Å². The fourth-order valence-electron chi connectivity index (χ4n) is 2.30. The van der Waals surface area contributed by atoms with E-state index < -0.39 is 0 Å². The van der Waals surface area contributed by atoms with Crippen molar-refractivity contribution in [1.29, 1.82) is 0 Å². The van der Waals surface area contributed by atoms with E-state index in [1.807, 2.05) is 25.1 Å². The molecule has 104 valence electrons. The van der Waals surface area contributed by atoms with E-state index in [0.717, 1.165) is 12.8 Å². The molecule has 1 N–H and O–H groups in total. The Morgan fingerprint density at radius 3 is 2.65 bits per heavy atom. The van der Waals surface area contributed by atoms with Crippen molar-refractivity contribution in [2.24, 2.45) is 0 Å². The number of hydrogen-bond acceptors (Lipinski definition) is 2. The van der Waals surface area contributed by atoms with Gasteiger partial charge in [-0.25, -0.2) is 0 Å². The van der Waals surface area contributed by atoms with Crippen molar-refractivity contribution in [3.63, 3.8) is 0 Å². The van der Waals surface area contributed by atoms with Crippen LogP contribution in [-0.4, -0.2) is 10.9 Å². The molecule has 0 fully saturated rings. The quantitative estimate of drug-likeness (QED) is 0.901. The summed E-state index contributed by atoms with van der Waals surface area (Å²) in [7, 11) is 0. The Morgan fingerprint density at radius 2 is 1.95 bits per heavy atom. The van der Waals surface area contributed by atoms with E-state index in [-0.39, 0.29) is 11.9 Å². The third-order valence-corrected chi connectivity index (χ3v) is 3.29. The molecule has 0 aliphatic rings. The van der Waals surface area contributed by atoms with Gasteiger partial charge in [-0.1, -0.05) is 43.7 Å². The summed E-state index contributed by atoms with van der Waals surface area (Å²) < 4.78 is 0. The van der Waals surface area contributed by atoms with Crippen LogP contribution in [0, 0.1) is 0 Å². The highest BCUT2D eigenvalue weighted by Gasteiger charge is 2.14. The zero-order valence-corrected chi connectivity index (χ0v) is 12.0. The van der Waals surface area contributed by atoms with Crippen LogP contribution in [0.3, 0.4) is 0 Å². The van der Waals surface area contributed by atoms with Crippen molar-refractivity contribution >= 4 is 5.91 Å². The number of pyridine rings is 1. The summed E-state index contributed by atoms with van der Waals surface area (Å²) in [6.45, 7) is 4.17. The summed E-state index contributed by atoms with van der Waals surface area (Å²) >= 11 is 0. The SMILES string of the molecule is CCCc1ccccc1C(C)NC(=O)c1ccccn1. The minimum absolute atomic E-state index is 0.0211. The van der Waals surface area contributed by atoms with Crippen molar-refractivity contribution in [2.75, 3.05) is 0 Å². The number of hydrogen-bond donors (Lipinski definition) is 1. The molecule has 3 nitrogen and oxygen atoms in total. The lowest BCUT2D eigenvalue weighted by atomic mass is 9.98. The topological polar surface area (TPSA) is 42.0 Å². The molecule has 2 rings (SSSR count). The van der Waals surface area contributed by atoms with Gasteiger partial charge in [0, 0.05) is 6.20 Å². The van der Waals surface area contributed by atoms with Crippen LogP contribution in [0.15, 0.2) is 48.7 Å². The number of carbonyl (C=O) groups excluding carboxylic acids is 1. The molecule has 1 aromatic heterocycles. The molecular weight excluding hydrogens is 248 g/mol. The zero-order valence-electron chi connectivity index (χ0n) is 12.0. The van der Waals surface area contributed by atoms with Crippen LogP contribution >= 0.6 is 0 Å². The van der Waals surface area contributed by atoms with E-state index in [4.69, 9.17) is 0 Å². The smallest absolute Gasteiger partial charge is 0.270 e. The lowest BCUT2D eigenvalue weighted by molar-refractivity contribution is 0.0934. The number of aryl methyl sites for hydroxylation is 1. The first kappa shape index (κ1) is 14.3. The second-order valence-electron chi connectivity index (χ2n) is 4.86. The summed E-state index contributed by atoms with van der Waals surface area (Å²) in [6, 6.07) is 13.6. The Hall–Kier alpha value is -2.16. The van der Waals surface area contributed by atoms with E-state index in [1.165, 1.54) is 11.1 Å². The lowest BCUT2D eigenvalue weighted by Gasteiger charge is -2.17. The maximum absolute atomic E-state index is 12.1. The first-order valence-corrected chi connectivity index (χ1v) is 7.02. The average molecular weight is 268 g/mol. The Morgan fingerprint density at radius 1 is 1.20 bits per heavy atom. The molecule has 0 aliphatic heterocycles. The highest BCUT2D eigenvalue weighted by Crippen LogP contribution is 2.19. The van der Waals surface area contributed by atoms with Gasteiger partial charge in [0.2, 0.25) is 0 Å². The van der Waals surface area contributed by atoms with Gasteiger partial charge in [0.05, 0.1) is 6.04 Å². The molecular formula is C17H20N2O. The molecule has 0 saturated carbocycles. The third-order valence-electron chi connectivity index (χ3n) is 3.29. The van der Waals surface area contributed by atoms with E-state index in [0.29, 0.717) is 5.69 Å². The highest BCUT2D eigenvalue weighted by atomic mass is 16.1. The minimum Gasteiger partial charge on any atom is -0.344 e. The maximum Gasteiger partial charge on any atom is 0.270 e. The predicted molar refractivity (Wildman–Crippen MR) is 80.6 cm³/mol. The van der Waals surface area contributed by atoms with Gasteiger partial charge in [-0.05, 0) is 36.6 Å². The molecule has 0 bridgehead atoms. The van der Waals surface area contributed by atoms with Gasteiger partial charge >= 0.3 is 0 Å². The van der Waals surface area contributed by atoms with E-state index in [9.17, 15) is 4.79 Å². The molecule has 0 radical (unpaired) electrons. The second kappa shape index (κ2) is 6.85. The molecule has 1 heterocycles. The molecule has 1 amide bonds. The third kappa shape index (κ3) is 3.44. The van der Waals surface area contributed by atoms with Gasteiger partial charge in [0.15, 0.2) is 0 Å². The molecule has 1 atom stereocenters. The number of rotatable bonds is 5. The van der Waals surface area contributed by atoms with Gasteiger partial charge in [-0.15, -0.1) is 0 Å². The Balaban J connectivity index is 2.12. The van der Waals surface area contributed by atoms with Crippen molar-refractivity contribution < 1.29 is 4.79 Å². The van der Waals surface area contributed by atoms with Crippen molar-refractivity contribution in [3.8, 4) is 0 Å². The molecule has 0 saturated heterocycles. The van der Waals surface area contributed by atoms with Crippen LogP contribution in [0.25, 0.3) is 0 Å². The van der Waals surface area contributed by atoms with Gasteiger partial charge in [-0.3, -0.25) is 9.78 Å². The lowest BCUT2D eigenvalue weighted by Crippen LogP contribution is -2.28. The van der Waals surface area contributed by atoms with Crippen molar-refractivity contribution in [2.45, 2.75) is 32.7 Å². The van der Waals surface area contributed by atoms with E-state index in [1.54, 1.807) is 18.3 Å². The van der Waals surface area contributed by atoms with E-state index in [2.05, 4.69) is 29.4 Å². The molecule has 2 aromatic rings. The van der Waals surface area contributed by atoms with E-state index >= 15 is 0 Å². The standard InChI is InChI=1S/C17H20N2O/c1-3-8-14-9-4-5-10-15(14)13(2)19-17(20)16-11-6-7-12-18-16/h4-7,9-13H,3,8H2,1-2H3,(H,19,20). The molecule has 0 spiro atoms. The number of benzene rings is 1. The Kier molecular flexibility index (Phi) is 4.88. The molecule has 3 heteroatoms. The van der Waals surface area contributed by atoms with Gasteiger partial charge < -0.3 is 5.32 Å². The number of nitrogens with zero attached hydrogens (tertiary/aromatic N) is 1. The number of nitrogens with one attached hydrogen (secondary N) is 1. The first-order valence-electron chi connectivity index (χ1n) is 7.02. The Bertz CT molecular complexity index is 566. The fourth-order valence-corrected chi connectivity index (χ4v) is 2.30. The number of amides is 1. The summed E-state index contributed by atoms with van der Waals surface area (Å²) in [5, 5.41) is 3.01. The Labute approximate surface area is 120 Å². The van der Waals surface area contributed by atoms with Crippen LogP contribution in [0.1, 0.15) is 47.9 Å². The zero-order chi connectivity index (χ0) is 14.4. The molecule has 1 unspecified atom stereocenters. The number of carbonyl (C=O) groups is 1. The van der Waals surface area contributed by atoms with Crippen LogP contribution in [0.2, 0.25) is 0 Å². The summed E-state index contributed by atoms with van der Waals surface area (Å²) in [5.41, 5.74) is 2.93. The maximum atomic E-state index is 12.1. The summed E-state index contributed by atoms with van der Waals surface area (Å²) in [4.78, 5) is 16.2. The fraction of sp³-hybridized carbons (Fsp3) is 0.294. The van der Waals surface area contributed by atoms with Crippen molar-refractivity contribution in [3.05, 3.63) is 65.5 Å². The average Bonchev–Trinajstić information content (AvgIpc) is 2.49. The first-order chi connectivity index (χ1) is 9.72. The van der Waals surface area contributed by atoms with Gasteiger partial charge in [-0.2, -0.15) is 0 Å². The summed E-state index contributed by atoms with van der Waals surface area (Å²) in [6.07, 6.45) is 3.75. The van der Waals surface area contributed by atoms with Crippen LogP contribution in [-0.2, 0) is 6.42 Å². The molecule has 1 aromatic carbocycles. The van der Waals surface area contributed by atoms with Crippen LogP contribution < -0.4 is 5.32 Å². The normalized spacial score (nSPS) is 11.9. The second-order valence-corrected chi connectivity index (χ2v) is 4.86. The number of aromatic nitrogens is 1. The highest BCUT2D eigenvalue weighted by molar-refractivity contribution is 5.92. The van der Waals surface area contributed by atoms with Crippen LogP contribution in [0.4, 0.5) is 0 Å². The minimum atomic E-state index is -0.135. The van der Waals surface area contributed by atoms with Gasteiger partial charge in [0.25, 0.3) is 5.91 Å². The molecule has 20 heavy (non-hydrogen) atoms.